The number of piperidine rings is 1. The second-order valence-electron chi connectivity index (χ2n) is 10.6. The summed E-state index contributed by atoms with van der Waals surface area (Å²) in [6.07, 6.45) is 7.15. The molecule has 2 aromatic heterocycles. The number of benzene rings is 1. The molecule has 0 spiro atoms. The third kappa shape index (κ3) is 4.64. The molecule has 9 nitrogen and oxygen atoms in total. The van der Waals surface area contributed by atoms with Crippen LogP contribution in [0.1, 0.15) is 70.9 Å². The van der Waals surface area contributed by atoms with Crippen molar-refractivity contribution >= 4 is 23.2 Å². The van der Waals surface area contributed by atoms with Crippen molar-refractivity contribution in [2.45, 2.75) is 64.0 Å². The number of hydrogen-bond donors (Lipinski definition) is 1. The van der Waals surface area contributed by atoms with E-state index < -0.39 is 0 Å². The molecule has 6 rings (SSSR count). The molecule has 2 aliphatic heterocycles. The number of Topliss-reactive ketones (excluding diaryl/α,β-unsaturated/α-hetero) is 1. The molecular formula is C28H33N7O2. The lowest BCUT2D eigenvalue weighted by Crippen LogP contribution is -2.58. The first-order valence-corrected chi connectivity index (χ1v) is 13.3. The molecule has 3 aromatic rings. The van der Waals surface area contributed by atoms with Crippen LogP contribution in [0.3, 0.4) is 0 Å². The molecule has 0 saturated carbocycles. The van der Waals surface area contributed by atoms with Crippen molar-refractivity contribution in [3.05, 3.63) is 64.6 Å². The number of anilines is 2. The Balaban J connectivity index is 1.09. The monoisotopic (exact) mass is 499 g/mol. The number of rotatable bonds is 6. The van der Waals surface area contributed by atoms with Crippen LogP contribution in [0.15, 0.2) is 36.5 Å². The minimum Gasteiger partial charge on any atom is -0.384 e. The maximum atomic E-state index is 13.0. The van der Waals surface area contributed by atoms with Gasteiger partial charge < -0.3 is 10.6 Å². The highest BCUT2D eigenvalue weighted by Gasteiger charge is 2.36. The number of carbonyl (C=O) groups excluding carboxylic acids is 2. The largest absolute Gasteiger partial charge is 0.384 e. The quantitative estimate of drug-likeness (QED) is 0.519. The maximum absolute atomic E-state index is 13.0. The molecule has 0 bridgehead atoms. The van der Waals surface area contributed by atoms with E-state index in [0.29, 0.717) is 24.5 Å². The van der Waals surface area contributed by atoms with Crippen molar-refractivity contribution in [1.29, 1.82) is 0 Å². The van der Waals surface area contributed by atoms with Crippen molar-refractivity contribution in [2.24, 2.45) is 0 Å². The molecule has 0 radical (unpaired) electrons. The molecule has 9 heteroatoms. The van der Waals surface area contributed by atoms with E-state index in [1.54, 1.807) is 10.9 Å². The van der Waals surface area contributed by atoms with Crippen LogP contribution in [0, 0.1) is 6.92 Å². The van der Waals surface area contributed by atoms with Crippen molar-refractivity contribution in [2.75, 3.05) is 30.3 Å². The molecule has 2 N–H and O–H groups in total. The molecule has 3 aliphatic rings. The number of carbonyl (C=O) groups is 2. The van der Waals surface area contributed by atoms with Crippen LogP contribution in [0.2, 0.25) is 0 Å². The number of ketones is 1. The zero-order valence-corrected chi connectivity index (χ0v) is 21.3. The zero-order valence-electron chi connectivity index (χ0n) is 21.3. The van der Waals surface area contributed by atoms with Gasteiger partial charge in [0.05, 0.1) is 18.8 Å². The minimum atomic E-state index is -0.00367. The highest BCUT2D eigenvalue weighted by Crippen LogP contribution is 2.38. The molecule has 37 heavy (non-hydrogen) atoms. The first kappa shape index (κ1) is 23.8. The average Bonchev–Trinajstić information content (AvgIpc) is 3.52. The number of nitrogens with two attached hydrogens (primary N) is 1. The van der Waals surface area contributed by atoms with Crippen molar-refractivity contribution in [1.82, 2.24) is 24.9 Å². The van der Waals surface area contributed by atoms with Crippen molar-refractivity contribution < 1.29 is 9.59 Å². The van der Waals surface area contributed by atoms with Gasteiger partial charge in [0.1, 0.15) is 11.5 Å². The third-order valence-corrected chi connectivity index (χ3v) is 8.13. The molecule has 2 atom stereocenters. The van der Waals surface area contributed by atoms with Gasteiger partial charge in [0, 0.05) is 30.9 Å². The van der Waals surface area contributed by atoms with Crippen LogP contribution in [0.25, 0.3) is 0 Å². The van der Waals surface area contributed by atoms with Crippen molar-refractivity contribution in [3.63, 3.8) is 0 Å². The summed E-state index contributed by atoms with van der Waals surface area (Å²) in [5, 5.41) is 8.35. The topological polar surface area (TPSA) is 110 Å². The highest BCUT2D eigenvalue weighted by molar-refractivity contribution is 5.98. The van der Waals surface area contributed by atoms with Gasteiger partial charge in [0.25, 0.3) is 0 Å². The van der Waals surface area contributed by atoms with Gasteiger partial charge in [-0.15, -0.1) is 5.10 Å². The van der Waals surface area contributed by atoms with E-state index in [2.05, 4.69) is 20.2 Å². The van der Waals surface area contributed by atoms with E-state index in [1.165, 1.54) is 12.0 Å². The summed E-state index contributed by atoms with van der Waals surface area (Å²) in [7, 11) is 0. The fourth-order valence-electron chi connectivity index (χ4n) is 6.30. The number of aryl methyl sites for hydroxylation is 2. The Labute approximate surface area is 216 Å². The Bertz CT molecular complexity index is 1330. The summed E-state index contributed by atoms with van der Waals surface area (Å²) < 4.78 is 1.70. The third-order valence-electron chi connectivity index (χ3n) is 8.13. The summed E-state index contributed by atoms with van der Waals surface area (Å²) in [4.78, 5) is 34.8. The van der Waals surface area contributed by atoms with E-state index in [-0.39, 0.29) is 23.7 Å². The highest BCUT2D eigenvalue weighted by atomic mass is 16.2. The van der Waals surface area contributed by atoms with Crippen molar-refractivity contribution in [3.8, 4) is 0 Å². The van der Waals surface area contributed by atoms with Gasteiger partial charge in [-0.05, 0) is 80.0 Å². The fraction of sp³-hybridized carbons (Fsp3) is 0.464. The Morgan fingerprint density at radius 2 is 1.95 bits per heavy atom. The smallest absolute Gasteiger partial charge is 0.244 e. The lowest BCUT2D eigenvalue weighted by atomic mass is 9.93. The van der Waals surface area contributed by atoms with Gasteiger partial charge in [-0.2, -0.15) is 0 Å². The van der Waals surface area contributed by atoms with Crippen LogP contribution < -0.4 is 10.6 Å². The number of nitrogen functional groups attached to an aromatic ring is 1. The number of fused-ring (bicyclic) bond motifs is 2. The van der Waals surface area contributed by atoms with E-state index in [0.717, 1.165) is 67.8 Å². The number of piperazine rings is 1. The van der Waals surface area contributed by atoms with Gasteiger partial charge in [-0.25, -0.2) is 9.67 Å². The number of nitrogens with zero attached hydrogens (tertiary/aromatic N) is 6. The maximum Gasteiger partial charge on any atom is 0.244 e. The lowest BCUT2D eigenvalue weighted by Gasteiger charge is -2.43. The molecule has 2 fully saturated rings. The SMILES string of the molecule is Cc1cc(N)nc2c1C(CC(=O)c1cn(Cc3ccc(N4CCN5CCCCC5C4=O)cc3)nn1)CC2. The predicted octanol–water partition coefficient (Wildman–Crippen LogP) is 3.12. The first-order chi connectivity index (χ1) is 18.0. The normalized spacial score (nSPS) is 21.6. The van der Waals surface area contributed by atoms with Crippen LogP contribution in [-0.4, -0.2) is 62.2 Å². The first-order valence-electron chi connectivity index (χ1n) is 13.3. The van der Waals surface area contributed by atoms with Gasteiger partial charge in [-0.3, -0.25) is 14.5 Å². The zero-order chi connectivity index (χ0) is 25.5. The van der Waals surface area contributed by atoms with E-state index in [9.17, 15) is 9.59 Å². The van der Waals surface area contributed by atoms with Crippen LogP contribution in [0.5, 0.6) is 0 Å². The predicted molar refractivity (Wildman–Crippen MR) is 141 cm³/mol. The number of aromatic nitrogens is 4. The molecule has 2 saturated heterocycles. The Hall–Kier alpha value is -3.59. The van der Waals surface area contributed by atoms with E-state index in [1.807, 2.05) is 42.2 Å². The Kier molecular flexibility index (Phi) is 6.24. The Morgan fingerprint density at radius 3 is 2.78 bits per heavy atom. The van der Waals surface area contributed by atoms with Gasteiger partial charge in [0.15, 0.2) is 5.78 Å². The molecule has 1 aromatic carbocycles. The summed E-state index contributed by atoms with van der Waals surface area (Å²) in [6.45, 7) is 5.25. The second kappa shape index (κ2) is 9.70. The van der Waals surface area contributed by atoms with Gasteiger partial charge in [-0.1, -0.05) is 23.8 Å². The van der Waals surface area contributed by atoms with Crippen LogP contribution in [-0.2, 0) is 17.8 Å². The molecular weight excluding hydrogens is 466 g/mol. The molecule has 1 aliphatic carbocycles. The average molecular weight is 500 g/mol. The Morgan fingerprint density at radius 1 is 1.11 bits per heavy atom. The molecule has 1 amide bonds. The summed E-state index contributed by atoms with van der Waals surface area (Å²) in [5.41, 5.74) is 11.6. The van der Waals surface area contributed by atoms with E-state index >= 15 is 0 Å². The molecule has 4 heterocycles. The number of pyridine rings is 1. The number of amides is 1. The summed E-state index contributed by atoms with van der Waals surface area (Å²) >= 11 is 0. The molecule has 2 unspecified atom stereocenters. The van der Waals surface area contributed by atoms with Crippen LogP contribution in [0.4, 0.5) is 11.5 Å². The second-order valence-corrected chi connectivity index (χ2v) is 10.6. The molecule has 192 valence electrons. The number of hydrogen-bond acceptors (Lipinski definition) is 7. The van der Waals surface area contributed by atoms with E-state index in [4.69, 9.17) is 5.73 Å². The standard InChI is InChI=1S/C28H33N7O2/c1-18-14-26(29)30-22-10-7-20(27(18)22)15-25(36)23-17-34(32-31-23)16-19-5-8-21(9-6-19)35-13-12-33-11-3-2-4-24(33)28(35)37/h5-6,8-9,14,17,20,24H,2-4,7,10-13,15-16H2,1H3,(H2,29,30). The summed E-state index contributed by atoms with van der Waals surface area (Å²) in [5.74, 6) is 0.901. The lowest BCUT2D eigenvalue weighted by molar-refractivity contribution is -0.127. The van der Waals surface area contributed by atoms with Gasteiger partial charge in [0.2, 0.25) is 5.91 Å². The summed E-state index contributed by atoms with van der Waals surface area (Å²) in [6, 6.07) is 9.98. The van der Waals surface area contributed by atoms with Gasteiger partial charge >= 0.3 is 0 Å². The minimum absolute atomic E-state index is 0.00367. The van der Waals surface area contributed by atoms with Crippen LogP contribution >= 0.6 is 0 Å². The fourth-order valence-corrected chi connectivity index (χ4v) is 6.30.